The molecule has 412 valence electrons. The monoisotopic (exact) mass is 972 g/mol. The number of aliphatic hydroxyl groups excluding tert-OH is 2. The highest BCUT2D eigenvalue weighted by molar-refractivity contribution is 5.76. The number of amides is 1. The number of unbranched alkanes of at least 4 members (excludes halogenated alkanes) is 52. The highest BCUT2D eigenvalue weighted by Gasteiger charge is 2.20. The van der Waals surface area contributed by atoms with Gasteiger partial charge >= 0.3 is 0 Å². The van der Waals surface area contributed by atoms with Crippen LogP contribution in [0.15, 0.2) is 12.2 Å². The van der Waals surface area contributed by atoms with E-state index in [4.69, 9.17) is 0 Å². The highest BCUT2D eigenvalue weighted by atomic mass is 16.3. The molecule has 0 fully saturated rings. The van der Waals surface area contributed by atoms with Crippen molar-refractivity contribution in [2.24, 2.45) is 0 Å². The summed E-state index contributed by atoms with van der Waals surface area (Å²) in [6, 6.07) is -0.534. The third-order valence-corrected chi connectivity index (χ3v) is 15.5. The molecular weight excluding hydrogens is 843 g/mol. The van der Waals surface area contributed by atoms with Gasteiger partial charge in [0.1, 0.15) is 0 Å². The first-order valence-corrected chi connectivity index (χ1v) is 32.4. The fourth-order valence-electron chi connectivity index (χ4n) is 10.6. The van der Waals surface area contributed by atoms with Crippen molar-refractivity contribution in [2.45, 2.75) is 392 Å². The Kier molecular flexibility index (Phi) is 60.7. The van der Waals surface area contributed by atoms with Crippen molar-refractivity contribution in [1.29, 1.82) is 0 Å². The molecule has 4 nitrogen and oxygen atoms in total. The maximum atomic E-state index is 12.5. The van der Waals surface area contributed by atoms with Gasteiger partial charge in [0.15, 0.2) is 0 Å². The van der Waals surface area contributed by atoms with Gasteiger partial charge in [-0.05, 0) is 38.5 Å². The number of carbonyl (C=O) groups excluding carboxylic acids is 1. The molecule has 0 bridgehead atoms. The van der Waals surface area contributed by atoms with Crippen LogP contribution in [0.5, 0.6) is 0 Å². The molecule has 0 aliphatic heterocycles. The second-order valence-electron chi connectivity index (χ2n) is 22.5. The lowest BCUT2D eigenvalue weighted by molar-refractivity contribution is -0.123. The Labute approximate surface area is 435 Å². The summed E-state index contributed by atoms with van der Waals surface area (Å²) in [6.07, 6.45) is 81.0. The Morgan fingerprint density at radius 2 is 0.551 bits per heavy atom. The van der Waals surface area contributed by atoms with Gasteiger partial charge in [0.2, 0.25) is 5.91 Å². The van der Waals surface area contributed by atoms with Gasteiger partial charge in [0.25, 0.3) is 0 Å². The minimum Gasteiger partial charge on any atom is -0.394 e. The number of hydrogen-bond donors (Lipinski definition) is 3. The van der Waals surface area contributed by atoms with Gasteiger partial charge in [-0.15, -0.1) is 0 Å². The lowest BCUT2D eigenvalue weighted by Gasteiger charge is -2.22. The van der Waals surface area contributed by atoms with Crippen molar-refractivity contribution < 1.29 is 15.0 Å². The van der Waals surface area contributed by atoms with Gasteiger partial charge in [-0.2, -0.15) is 0 Å². The van der Waals surface area contributed by atoms with Crippen LogP contribution < -0.4 is 5.32 Å². The fraction of sp³-hybridized carbons (Fsp3) is 0.954. The van der Waals surface area contributed by atoms with E-state index in [1.807, 2.05) is 0 Å². The average Bonchev–Trinajstić information content (AvgIpc) is 3.35. The van der Waals surface area contributed by atoms with E-state index in [1.165, 1.54) is 327 Å². The Bertz CT molecular complexity index is 967. The molecule has 2 atom stereocenters. The molecule has 69 heavy (non-hydrogen) atoms. The molecule has 0 aromatic rings. The van der Waals surface area contributed by atoms with Crippen LogP contribution >= 0.6 is 0 Å². The number of carbonyl (C=O) groups is 1. The zero-order valence-electron chi connectivity index (χ0n) is 47.6. The molecule has 0 aliphatic carbocycles. The molecule has 0 spiro atoms. The maximum absolute atomic E-state index is 12.5. The zero-order chi connectivity index (χ0) is 49.9. The molecule has 1 amide bonds. The summed E-state index contributed by atoms with van der Waals surface area (Å²) in [5.74, 6) is -0.0223. The molecule has 0 saturated heterocycles. The standard InChI is InChI=1S/C65H129NO3/c1-3-5-7-9-11-13-15-17-19-21-23-25-27-29-30-31-32-33-34-35-37-39-41-43-45-47-49-51-53-55-57-59-61-65(69)66-63(62-67)64(68)60-58-56-54-52-50-48-46-44-42-40-38-36-28-26-24-22-20-18-16-14-12-10-8-6-4-2/h29-30,63-64,67-68H,3-28,31-62H2,1-2H3,(H,66,69)/b30-29-. The average molecular weight is 973 g/mol. The van der Waals surface area contributed by atoms with Crippen LogP contribution in [-0.2, 0) is 4.79 Å². The third-order valence-electron chi connectivity index (χ3n) is 15.5. The van der Waals surface area contributed by atoms with Gasteiger partial charge in [0, 0.05) is 6.42 Å². The predicted molar refractivity (Wildman–Crippen MR) is 309 cm³/mol. The molecule has 0 aliphatic rings. The first-order valence-electron chi connectivity index (χ1n) is 32.4. The molecule has 0 aromatic carbocycles. The SMILES string of the molecule is CCCCCCCCCCCCCC/C=C\CCCCCCCCCCCCCCCCCCC(=O)NC(CO)C(O)CCCCCCCCCCCCCCCCCCCCCCCCCCC. The maximum Gasteiger partial charge on any atom is 0.220 e. The Morgan fingerprint density at radius 3 is 0.797 bits per heavy atom. The van der Waals surface area contributed by atoms with E-state index in [0.717, 1.165) is 25.7 Å². The van der Waals surface area contributed by atoms with Crippen LogP contribution in [0, 0.1) is 0 Å². The van der Waals surface area contributed by atoms with Gasteiger partial charge in [-0.1, -0.05) is 347 Å². The van der Waals surface area contributed by atoms with Crippen molar-refractivity contribution in [3.8, 4) is 0 Å². The molecule has 0 aromatic heterocycles. The number of hydrogen-bond acceptors (Lipinski definition) is 3. The number of allylic oxidation sites excluding steroid dienone is 2. The largest absolute Gasteiger partial charge is 0.394 e. The van der Waals surface area contributed by atoms with E-state index in [0.29, 0.717) is 12.8 Å². The van der Waals surface area contributed by atoms with Crippen molar-refractivity contribution in [2.75, 3.05) is 6.61 Å². The summed E-state index contributed by atoms with van der Waals surface area (Å²) < 4.78 is 0. The summed E-state index contributed by atoms with van der Waals surface area (Å²) in [5, 5.41) is 23.4. The molecule has 4 heteroatoms. The summed E-state index contributed by atoms with van der Waals surface area (Å²) in [6.45, 7) is 4.41. The van der Waals surface area contributed by atoms with E-state index >= 15 is 0 Å². The zero-order valence-corrected chi connectivity index (χ0v) is 47.6. The van der Waals surface area contributed by atoms with Crippen molar-refractivity contribution in [3.05, 3.63) is 12.2 Å². The molecule has 0 radical (unpaired) electrons. The lowest BCUT2D eigenvalue weighted by atomic mass is 10.0. The smallest absolute Gasteiger partial charge is 0.220 e. The second-order valence-corrected chi connectivity index (χ2v) is 22.5. The van der Waals surface area contributed by atoms with E-state index in [9.17, 15) is 15.0 Å². The lowest BCUT2D eigenvalue weighted by Crippen LogP contribution is -2.45. The number of nitrogens with one attached hydrogen (secondary N) is 1. The van der Waals surface area contributed by atoms with Gasteiger partial charge in [0.05, 0.1) is 18.8 Å². The van der Waals surface area contributed by atoms with Crippen molar-refractivity contribution >= 4 is 5.91 Å². The minimum atomic E-state index is -0.658. The van der Waals surface area contributed by atoms with Crippen LogP contribution in [0.3, 0.4) is 0 Å². The Balaban J connectivity index is 3.39. The van der Waals surface area contributed by atoms with E-state index < -0.39 is 12.1 Å². The van der Waals surface area contributed by atoms with Crippen LogP contribution in [0.4, 0.5) is 0 Å². The van der Waals surface area contributed by atoms with Gasteiger partial charge in [-0.3, -0.25) is 4.79 Å². The normalized spacial score (nSPS) is 12.7. The molecule has 2 unspecified atom stereocenters. The summed E-state index contributed by atoms with van der Waals surface area (Å²) in [4.78, 5) is 12.5. The number of aliphatic hydroxyl groups is 2. The summed E-state index contributed by atoms with van der Waals surface area (Å²) in [5.41, 5.74) is 0. The molecule has 3 N–H and O–H groups in total. The van der Waals surface area contributed by atoms with Crippen molar-refractivity contribution in [1.82, 2.24) is 5.32 Å². The van der Waals surface area contributed by atoms with E-state index in [-0.39, 0.29) is 12.5 Å². The Hall–Kier alpha value is -0.870. The van der Waals surface area contributed by atoms with Crippen LogP contribution in [0.1, 0.15) is 380 Å². The Morgan fingerprint density at radius 1 is 0.333 bits per heavy atom. The van der Waals surface area contributed by atoms with Gasteiger partial charge < -0.3 is 15.5 Å². The summed E-state index contributed by atoms with van der Waals surface area (Å²) >= 11 is 0. The second kappa shape index (κ2) is 61.4. The third kappa shape index (κ3) is 57.9. The van der Waals surface area contributed by atoms with Crippen molar-refractivity contribution in [3.63, 3.8) is 0 Å². The predicted octanol–water partition coefficient (Wildman–Crippen LogP) is 21.7. The van der Waals surface area contributed by atoms with E-state index in [1.54, 1.807) is 0 Å². The van der Waals surface area contributed by atoms with E-state index in [2.05, 4.69) is 31.3 Å². The first kappa shape index (κ1) is 68.1. The van der Waals surface area contributed by atoms with Crippen LogP contribution in [0.25, 0.3) is 0 Å². The molecule has 0 saturated carbocycles. The molecule has 0 rings (SSSR count). The fourth-order valence-corrected chi connectivity index (χ4v) is 10.6. The van der Waals surface area contributed by atoms with Crippen LogP contribution in [0.2, 0.25) is 0 Å². The molecular formula is C65H129NO3. The van der Waals surface area contributed by atoms with Crippen LogP contribution in [-0.4, -0.2) is 34.9 Å². The highest BCUT2D eigenvalue weighted by Crippen LogP contribution is 2.19. The minimum absolute atomic E-state index is 0.0223. The topological polar surface area (TPSA) is 69.6 Å². The van der Waals surface area contributed by atoms with Gasteiger partial charge in [-0.25, -0.2) is 0 Å². The molecule has 0 heterocycles. The number of rotatable bonds is 61. The first-order chi connectivity index (χ1) is 34.2. The summed E-state index contributed by atoms with van der Waals surface area (Å²) in [7, 11) is 0. The quantitative estimate of drug-likeness (QED) is 0.0420.